The van der Waals surface area contributed by atoms with E-state index in [1.165, 1.54) is 4.90 Å². The van der Waals surface area contributed by atoms with Crippen LogP contribution in [0.2, 0.25) is 0 Å². The molecule has 0 aromatic rings. The number of nitrogens with zero attached hydrogens (tertiary/aromatic N) is 1. The normalized spacial score (nSPS) is 19.5. The zero-order valence-corrected chi connectivity index (χ0v) is 13.9. The Morgan fingerprint density at radius 2 is 1.92 bits per heavy atom. The van der Waals surface area contributed by atoms with E-state index in [1.54, 1.807) is 0 Å². The minimum absolute atomic E-state index is 0.0316. The van der Waals surface area contributed by atoms with Crippen LogP contribution in [0.3, 0.4) is 0 Å². The fourth-order valence-corrected chi connectivity index (χ4v) is 2.64. The molecule has 3 unspecified atom stereocenters. The van der Waals surface area contributed by atoms with Gasteiger partial charge in [-0.25, -0.2) is 4.79 Å². The molecular weight excluding hydrogens is 340 g/mol. The van der Waals surface area contributed by atoms with E-state index in [0.29, 0.717) is 19.4 Å². The molecule has 3 atom stereocenters. The van der Waals surface area contributed by atoms with Crippen molar-refractivity contribution < 1.29 is 29.4 Å². The summed E-state index contributed by atoms with van der Waals surface area (Å²) in [5.41, 5.74) is 5.20. The van der Waals surface area contributed by atoms with Crippen molar-refractivity contribution in [2.75, 3.05) is 25.4 Å². The molecule has 1 saturated heterocycles. The molecule has 0 radical (unpaired) electrons. The lowest BCUT2D eigenvalue weighted by molar-refractivity contribution is -0.145. The van der Waals surface area contributed by atoms with Crippen molar-refractivity contribution in [2.45, 2.75) is 31.0 Å². The van der Waals surface area contributed by atoms with Crippen LogP contribution in [0.5, 0.6) is 0 Å². The second kappa shape index (κ2) is 9.45. The van der Waals surface area contributed by atoms with Gasteiger partial charge in [0.25, 0.3) is 0 Å². The van der Waals surface area contributed by atoms with E-state index < -0.39 is 48.4 Å². The molecule has 0 saturated carbocycles. The number of aliphatic hydroxyl groups is 1. The number of carboxylic acid groups (broad SMARTS) is 1. The topological polar surface area (TPSA) is 162 Å². The van der Waals surface area contributed by atoms with Crippen molar-refractivity contribution in [1.29, 1.82) is 0 Å². The van der Waals surface area contributed by atoms with Crippen molar-refractivity contribution in [3.63, 3.8) is 0 Å². The summed E-state index contributed by atoms with van der Waals surface area (Å²) in [6.07, 6.45) is 0.921. The largest absolute Gasteiger partial charge is 0.480 e. The zero-order chi connectivity index (χ0) is 18.3. The molecule has 0 aliphatic carbocycles. The standard InChI is InChI=1S/C13H22N4O6S/c14-4-10(19)15-8(6-24)12(21)17-3-1-2-9(17)11(20)16-7(5-18)13(22)23/h7-9,18,24H,1-6,14H2,(H,15,19)(H,16,20)(H,22,23). The quantitative estimate of drug-likeness (QED) is 0.249. The number of carbonyl (C=O) groups excluding carboxylic acids is 3. The lowest BCUT2D eigenvalue weighted by atomic mass is 10.1. The van der Waals surface area contributed by atoms with Crippen molar-refractivity contribution in [1.82, 2.24) is 15.5 Å². The van der Waals surface area contributed by atoms with Gasteiger partial charge in [0.15, 0.2) is 0 Å². The fourth-order valence-electron chi connectivity index (χ4n) is 2.40. The van der Waals surface area contributed by atoms with Gasteiger partial charge in [0.05, 0.1) is 13.2 Å². The van der Waals surface area contributed by atoms with Gasteiger partial charge >= 0.3 is 5.97 Å². The number of carbonyl (C=O) groups is 4. The number of aliphatic carboxylic acids is 1. The summed E-state index contributed by atoms with van der Waals surface area (Å²) in [5.74, 6) is -3.01. The Bertz CT molecular complexity index is 503. The Morgan fingerprint density at radius 3 is 2.42 bits per heavy atom. The van der Waals surface area contributed by atoms with E-state index in [4.69, 9.17) is 15.9 Å². The van der Waals surface area contributed by atoms with Crippen molar-refractivity contribution in [3.05, 3.63) is 0 Å². The lowest BCUT2D eigenvalue weighted by Gasteiger charge is -2.28. The summed E-state index contributed by atoms with van der Waals surface area (Å²) in [7, 11) is 0. The maximum Gasteiger partial charge on any atom is 0.328 e. The van der Waals surface area contributed by atoms with Gasteiger partial charge in [-0.1, -0.05) is 0 Å². The van der Waals surface area contributed by atoms with Crippen molar-refractivity contribution >= 4 is 36.3 Å². The molecule has 0 bridgehead atoms. The van der Waals surface area contributed by atoms with Crippen LogP contribution in [0.4, 0.5) is 0 Å². The molecule has 6 N–H and O–H groups in total. The number of nitrogens with two attached hydrogens (primary N) is 1. The third-order valence-electron chi connectivity index (χ3n) is 3.64. The first-order valence-corrected chi connectivity index (χ1v) is 8.03. The number of hydrogen-bond acceptors (Lipinski definition) is 7. The van der Waals surface area contributed by atoms with Gasteiger partial charge in [-0.15, -0.1) is 0 Å². The molecule has 1 fully saturated rings. The summed E-state index contributed by atoms with van der Waals surface area (Å²) in [4.78, 5) is 48.2. The van der Waals surface area contributed by atoms with Gasteiger partial charge in [-0.2, -0.15) is 12.6 Å². The third kappa shape index (κ3) is 5.08. The summed E-state index contributed by atoms with van der Waals surface area (Å²) in [6, 6.07) is -3.22. The molecule has 136 valence electrons. The van der Waals surface area contributed by atoms with E-state index in [9.17, 15) is 19.2 Å². The monoisotopic (exact) mass is 362 g/mol. The number of rotatable bonds is 8. The van der Waals surface area contributed by atoms with E-state index in [-0.39, 0.29) is 12.3 Å². The number of hydrogen-bond donors (Lipinski definition) is 6. The molecule has 11 heteroatoms. The Balaban J connectivity index is 2.79. The first-order valence-electron chi connectivity index (χ1n) is 7.40. The van der Waals surface area contributed by atoms with Gasteiger partial charge in [0.2, 0.25) is 17.7 Å². The molecule has 1 aliphatic rings. The first kappa shape index (κ1) is 20.2. The molecule has 1 heterocycles. The maximum absolute atomic E-state index is 12.5. The van der Waals surface area contributed by atoms with Crippen LogP contribution >= 0.6 is 12.6 Å². The highest BCUT2D eigenvalue weighted by Crippen LogP contribution is 2.19. The molecule has 1 rings (SSSR count). The predicted molar refractivity (Wildman–Crippen MR) is 86.2 cm³/mol. The summed E-state index contributed by atoms with van der Waals surface area (Å²) in [5, 5.41) is 22.5. The van der Waals surface area contributed by atoms with Crippen LogP contribution in [0.1, 0.15) is 12.8 Å². The Kier molecular flexibility index (Phi) is 7.95. The van der Waals surface area contributed by atoms with Crippen LogP contribution in [0.25, 0.3) is 0 Å². The SMILES string of the molecule is NCC(=O)NC(CS)C(=O)N1CCCC1C(=O)NC(CO)C(=O)O. The summed E-state index contributed by atoms with van der Waals surface area (Å²) >= 11 is 4.03. The number of nitrogens with one attached hydrogen (secondary N) is 2. The highest BCUT2D eigenvalue weighted by atomic mass is 32.1. The zero-order valence-electron chi connectivity index (χ0n) is 13.0. The number of likely N-dealkylation sites (tertiary alicyclic amines) is 1. The average molecular weight is 362 g/mol. The van der Waals surface area contributed by atoms with Crippen LogP contribution in [-0.4, -0.2) is 82.4 Å². The Morgan fingerprint density at radius 1 is 1.25 bits per heavy atom. The van der Waals surface area contributed by atoms with Gasteiger partial charge in [0, 0.05) is 12.3 Å². The molecule has 0 aromatic heterocycles. The van der Waals surface area contributed by atoms with Crippen molar-refractivity contribution in [2.24, 2.45) is 5.73 Å². The molecule has 1 aliphatic heterocycles. The summed E-state index contributed by atoms with van der Waals surface area (Å²) < 4.78 is 0. The van der Waals surface area contributed by atoms with E-state index in [1.807, 2.05) is 0 Å². The Labute approximate surface area is 144 Å². The van der Waals surface area contributed by atoms with Gasteiger partial charge < -0.3 is 31.5 Å². The van der Waals surface area contributed by atoms with Gasteiger partial charge in [-0.3, -0.25) is 14.4 Å². The van der Waals surface area contributed by atoms with Crippen LogP contribution in [-0.2, 0) is 19.2 Å². The number of carboxylic acids is 1. The number of aliphatic hydroxyl groups excluding tert-OH is 1. The first-order chi connectivity index (χ1) is 11.3. The lowest BCUT2D eigenvalue weighted by Crippen LogP contribution is -2.56. The van der Waals surface area contributed by atoms with Crippen LogP contribution < -0.4 is 16.4 Å². The fraction of sp³-hybridized carbons (Fsp3) is 0.692. The molecule has 0 spiro atoms. The van der Waals surface area contributed by atoms with Crippen LogP contribution in [0.15, 0.2) is 0 Å². The van der Waals surface area contributed by atoms with Gasteiger partial charge in [0.1, 0.15) is 18.1 Å². The predicted octanol–water partition coefficient (Wildman–Crippen LogP) is -3.09. The molecule has 10 nitrogen and oxygen atoms in total. The van der Waals surface area contributed by atoms with E-state index in [2.05, 4.69) is 23.3 Å². The van der Waals surface area contributed by atoms with Gasteiger partial charge in [-0.05, 0) is 12.8 Å². The molecule has 0 aromatic carbocycles. The van der Waals surface area contributed by atoms with E-state index in [0.717, 1.165) is 0 Å². The van der Waals surface area contributed by atoms with E-state index >= 15 is 0 Å². The van der Waals surface area contributed by atoms with Crippen LogP contribution in [0, 0.1) is 0 Å². The van der Waals surface area contributed by atoms with Crippen molar-refractivity contribution in [3.8, 4) is 0 Å². The Hall–Kier alpha value is -1.85. The number of thiol groups is 1. The average Bonchev–Trinajstić information content (AvgIpc) is 3.05. The second-order valence-corrected chi connectivity index (χ2v) is 5.64. The molecule has 24 heavy (non-hydrogen) atoms. The minimum Gasteiger partial charge on any atom is -0.480 e. The summed E-state index contributed by atoms with van der Waals surface area (Å²) in [6.45, 7) is -0.734. The second-order valence-electron chi connectivity index (χ2n) is 5.28. The number of amides is 3. The minimum atomic E-state index is -1.44. The highest BCUT2D eigenvalue weighted by molar-refractivity contribution is 7.80. The maximum atomic E-state index is 12.5. The smallest absolute Gasteiger partial charge is 0.328 e. The third-order valence-corrected chi connectivity index (χ3v) is 4.00. The molecular formula is C13H22N4O6S. The highest BCUT2D eigenvalue weighted by Gasteiger charge is 2.38. The molecule has 3 amide bonds.